The number of piperidine rings is 1. The molecular weight excluding hydrogens is 236 g/mol. The van der Waals surface area contributed by atoms with Gasteiger partial charge in [0, 0.05) is 13.6 Å². The zero-order valence-electron chi connectivity index (χ0n) is 10.5. The van der Waals surface area contributed by atoms with E-state index in [1.165, 1.54) is 13.3 Å². The summed E-state index contributed by atoms with van der Waals surface area (Å²) in [7, 11) is 1.71. The second-order valence-corrected chi connectivity index (χ2v) is 4.58. The summed E-state index contributed by atoms with van der Waals surface area (Å²) in [6.45, 7) is 2.19. The average molecular weight is 252 g/mol. The van der Waals surface area contributed by atoms with E-state index in [1.807, 2.05) is 4.90 Å². The maximum Gasteiger partial charge on any atom is 0.406 e. The highest BCUT2D eigenvalue weighted by molar-refractivity contribution is 5.85. The van der Waals surface area contributed by atoms with E-state index in [1.54, 1.807) is 11.6 Å². The highest BCUT2D eigenvalue weighted by Crippen LogP contribution is 2.31. The molecule has 0 amide bonds. The molecule has 0 N–H and O–H groups in total. The van der Waals surface area contributed by atoms with Crippen molar-refractivity contribution in [3.8, 4) is 0 Å². The molecule has 7 heteroatoms. The van der Waals surface area contributed by atoms with Crippen molar-refractivity contribution in [2.45, 2.75) is 32.2 Å². The third-order valence-corrected chi connectivity index (χ3v) is 3.30. The first-order valence-electron chi connectivity index (χ1n) is 5.95. The highest BCUT2D eigenvalue weighted by atomic mass is 16.6. The molecule has 0 aliphatic carbocycles. The Bertz CT molecular complexity index is 483. The Labute approximate surface area is 105 Å². The fourth-order valence-corrected chi connectivity index (χ4v) is 2.48. The van der Waals surface area contributed by atoms with Crippen LogP contribution in [0.15, 0.2) is 6.33 Å². The van der Waals surface area contributed by atoms with Crippen molar-refractivity contribution in [2.24, 2.45) is 7.05 Å². The molecular formula is C11H16N4O3. The average Bonchev–Trinajstić information content (AvgIpc) is 2.71. The largest absolute Gasteiger partial charge is 0.406 e. The Morgan fingerprint density at radius 1 is 1.56 bits per heavy atom. The SMILES string of the molecule is CC(=O)C1CCCCN1c1c([N+](=O)[O-])ncn1C. The number of nitrogens with zero attached hydrogens (tertiary/aromatic N) is 4. The second kappa shape index (κ2) is 4.75. The van der Waals surface area contributed by atoms with Gasteiger partial charge in [0.15, 0.2) is 5.78 Å². The summed E-state index contributed by atoms with van der Waals surface area (Å²) in [5.74, 6) is 0.302. The molecule has 7 nitrogen and oxygen atoms in total. The monoisotopic (exact) mass is 252 g/mol. The summed E-state index contributed by atoms with van der Waals surface area (Å²) in [4.78, 5) is 27.7. The van der Waals surface area contributed by atoms with Gasteiger partial charge in [0.05, 0.1) is 6.04 Å². The number of ketones is 1. The van der Waals surface area contributed by atoms with Crippen molar-refractivity contribution in [1.82, 2.24) is 9.55 Å². The molecule has 0 saturated carbocycles. The van der Waals surface area contributed by atoms with Gasteiger partial charge in [-0.25, -0.2) is 0 Å². The third kappa shape index (κ3) is 2.07. The first-order chi connectivity index (χ1) is 8.52. The number of aromatic nitrogens is 2. The minimum atomic E-state index is -0.499. The van der Waals surface area contributed by atoms with Crippen LogP contribution in [0.5, 0.6) is 0 Å². The van der Waals surface area contributed by atoms with Gasteiger partial charge in [0.1, 0.15) is 0 Å². The zero-order chi connectivity index (χ0) is 13.3. The number of carbonyl (C=O) groups excluding carboxylic acids is 1. The molecule has 1 atom stereocenters. The summed E-state index contributed by atoms with van der Waals surface area (Å²) in [6, 6.07) is -0.271. The topological polar surface area (TPSA) is 81.3 Å². The van der Waals surface area contributed by atoms with Crippen LogP contribution in [0.4, 0.5) is 11.6 Å². The van der Waals surface area contributed by atoms with Gasteiger partial charge in [-0.15, -0.1) is 0 Å². The van der Waals surface area contributed by atoms with Gasteiger partial charge in [0.2, 0.25) is 12.1 Å². The van der Waals surface area contributed by atoms with E-state index in [2.05, 4.69) is 4.98 Å². The van der Waals surface area contributed by atoms with E-state index in [0.29, 0.717) is 12.4 Å². The predicted molar refractivity (Wildman–Crippen MR) is 65.5 cm³/mol. The maximum absolute atomic E-state index is 11.7. The zero-order valence-corrected chi connectivity index (χ0v) is 10.5. The van der Waals surface area contributed by atoms with Crippen molar-refractivity contribution in [3.05, 3.63) is 16.4 Å². The van der Waals surface area contributed by atoms with Gasteiger partial charge in [-0.2, -0.15) is 0 Å². The number of hydrogen-bond donors (Lipinski definition) is 0. The molecule has 2 rings (SSSR count). The molecule has 1 unspecified atom stereocenters. The molecule has 1 aromatic rings. The molecule has 1 fully saturated rings. The summed E-state index contributed by atoms with van der Waals surface area (Å²) >= 11 is 0. The minimum Gasteiger partial charge on any atom is -0.358 e. The lowest BCUT2D eigenvalue weighted by molar-refractivity contribution is -0.388. The molecule has 0 radical (unpaired) electrons. The Morgan fingerprint density at radius 3 is 2.89 bits per heavy atom. The molecule has 18 heavy (non-hydrogen) atoms. The van der Waals surface area contributed by atoms with Crippen LogP contribution < -0.4 is 4.90 Å². The van der Waals surface area contributed by atoms with Crippen LogP contribution in [0.25, 0.3) is 0 Å². The second-order valence-electron chi connectivity index (χ2n) is 4.58. The molecule has 1 aromatic heterocycles. The quantitative estimate of drug-likeness (QED) is 0.597. The van der Waals surface area contributed by atoms with E-state index in [0.717, 1.165) is 19.3 Å². The Balaban J connectivity index is 2.42. The third-order valence-electron chi connectivity index (χ3n) is 3.30. The molecule has 0 spiro atoms. The number of nitro groups is 1. The Hall–Kier alpha value is -1.92. The lowest BCUT2D eigenvalue weighted by Crippen LogP contribution is -2.45. The normalized spacial score (nSPS) is 19.9. The van der Waals surface area contributed by atoms with Crippen molar-refractivity contribution >= 4 is 17.4 Å². The lowest BCUT2D eigenvalue weighted by Gasteiger charge is -2.34. The van der Waals surface area contributed by atoms with Gasteiger partial charge in [0.25, 0.3) is 0 Å². The van der Waals surface area contributed by atoms with Crippen LogP contribution >= 0.6 is 0 Å². The van der Waals surface area contributed by atoms with E-state index in [4.69, 9.17) is 0 Å². The van der Waals surface area contributed by atoms with Gasteiger partial charge < -0.3 is 15.0 Å². The number of Topliss-reactive ketones (excluding diaryl/α,β-unsaturated/α-hetero) is 1. The van der Waals surface area contributed by atoms with E-state index >= 15 is 0 Å². The van der Waals surface area contributed by atoms with Crippen molar-refractivity contribution in [3.63, 3.8) is 0 Å². The standard InChI is InChI=1S/C11H16N4O3/c1-8(16)9-5-3-4-6-14(9)11-10(15(17)18)12-7-13(11)2/h7,9H,3-6H2,1-2H3. The van der Waals surface area contributed by atoms with E-state index < -0.39 is 4.92 Å². The predicted octanol–water partition coefficient (Wildman–Crippen LogP) is 1.28. The summed E-state index contributed by atoms with van der Waals surface area (Å²) in [5, 5.41) is 11.0. The molecule has 2 heterocycles. The van der Waals surface area contributed by atoms with Crippen LogP contribution in [0.1, 0.15) is 26.2 Å². The van der Waals surface area contributed by atoms with E-state index in [-0.39, 0.29) is 17.6 Å². The Morgan fingerprint density at radius 2 is 2.28 bits per heavy atom. The van der Waals surface area contributed by atoms with Crippen LogP contribution in [-0.2, 0) is 11.8 Å². The van der Waals surface area contributed by atoms with Gasteiger partial charge in [-0.3, -0.25) is 9.36 Å². The number of carbonyl (C=O) groups is 1. The molecule has 1 aliphatic rings. The smallest absolute Gasteiger partial charge is 0.358 e. The summed E-state index contributed by atoms with van der Waals surface area (Å²) in [6.07, 6.45) is 4.08. The molecule has 0 bridgehead atoms. The molecule has 1 saturated heterocycles. The first-order valence-corrected chi connectivity index (χ1v) is 5.95. The number of aryl methyl sites for hydroxylation is 1. The van der Waals surface area contributed by atoms with Gasteiger partial charge in [-0.1, -0.05) is 0 Å². The van der Waals surface area contributed by atoms with Crippen LogP contribution in [0.3, 0.4) is 0 Å². The fourth-order valence-electron chi connectivity index (χ4n) is 2.48. The number of hydrogen-bond acceptors (Lipinski definition) is 5. The molecule has 0 aromatic carbocycles. The first kappa shape index (κ1) is 12.5. The van der Waals surface area contributed by atoms with Gasteiger partial charge in [-0.05, 0) is 36.1 Å². The van der Waals surface area contributed by atoms with Crippen LogP contribution in [-0.4, -0.2) is 32.8 Å². The lowest BCUT2D eigenvalue weighted by atomic mass is 9.99. The van der Waals surface area contributed by atoms with Crippen molar-refractivity contribution in [1.29, 1.82) is 0 Å². The number of rotatable bonds is 3. The minimum absolute atomic E-state index is 0.0465. The van der Waals surface area contributed by atoms with Crippen LogP contribution in [0.2, 0.25) is 0 Å². The van der Waals surface area contributed by atoms with Crippen molar-refractivity contribution in [2.75, 3.05) is 11.4 Å². The maximum atomic E-state index is 11.7. The molecule has 98 valence electrons. The number of imidazole rings is 1. The number of anilines is 1. The van der Waals surface area contributed by atoms with Crippen LogP contribution in [0, 0.1) is 10.1 Å². The summed E-state index contributed by atoms with van der Waals surface area (Å²) < 4.78 is 1.61. The summed E-state index contributed by atoms with van der Waals surface area (Å²) in [5.41, 5.74) is 0. The highest BCUT2D eigenvalue weighted by Gasteiger charge is 2.33. The molecule has 1 aliphatic heterocycles. The Kier molecular flexibility index (Phi) is 3.31. The van der Waals surface area contributed by atoms with Crippen molar-refractivity contribution < 1.29 is 9.72 Å². The van der Waals surface area contributed by atoms with Gasteiger partial charge >= 0.3 is 5.82 Å². The van der Waals surface area contributed by atoms with E-state index in [9.17, 15) is 14.9 Å². The fraction of sp³-hybridized carbons (Fsp3) is 0.636.